The smallest absolute Gasteiger partial charge is 0.263 e. The molecule has 0 spiro atoms. The molecule has 3 rings (SSSR count). The molecule has 1 aromatic carbocycles. The molecule has 0 radical (unpaired) electrons. The average molecular weight is 390 g/mol. The highest BCUT2D eigenvalue weighted by atomic mass is 16.5. The highest BCUT2D eigenvalue weighted by molar-refractivity contribution is 5.84. The van der Waals surface area contributed by atoms with Crippen LogP contribution in [-0.2, 0) is 4.79 Å². The van der Waals surface area contributed by atoms with E-state index in [0.717, 1.165) is 11.3 Å². The Morgan fingerprint density at radius 3 is 2.83 bits per heavy atom. The number of aliphatic hydroxyl groups is 1. The second kappa shape index (κ2) is 9.13. The van der Waals surface area contributed by atoms with Crippen LogP contribution in [0.3, 0.4) is 0 Å². The van der Waals surface area contributed by atoms with Gasteiger partial charge in [0.25, 0.3) is 5.91 Å². The predicted molar refractivity (Wildman–Crippen MR) is 110 cm³/mol. The number of aromatic nitrogens is 3. The lowest BCUT2D eigenvalue weighted by Crippen LogP contribution is -2.35. The Balaban J connectivity index is 1.91. The Morgan fingerprint density at radius 1 is 1.24 bits per heavy atom. The van der Waals surface area contributed by atoms with Gasteiger partial charge in [0.1, 0.15) is 6.33 Å². The zero-order valence-corrected chi connectivity index (χ0v) is 16.6. The number of likely N-dealkylation sites (N-methyl/N-ethyl adjacent to an activating group) is 1. The van der Waals surface area contributed by atoms with Crippen LogP contribution in [0.2, 0.25) is 0 Å². The first-order chi connectivity index (χ1) is 14.0. The molecule has 2 aromatic heterocycles. The van der Waals surface area contributed by atoms with E-state index in [1.165, 1.54) is 11.2 Å². The van der Waals surface area contributed by atoms with E-state index >= 15 is 0 Å². The number of carbonyl (C=O) groups is 1. The lowest BCUT2D eigenvalue weighted by atomic mass is 10.1. The molecule has 1 atom stereocenters. The topological polar surface area (TPSA) is 88.4 Å². The van der Waals surface area contributed by atoms with Crippen LogP contribution in [0.4, 0.5) is 0 Å². The molecule has 0 bridgehead atoms. The standard InChI is InChI=1S/C22H22N4O3/c1-4-26(3)22(28)19(27)12-9-15-7-6-8-16(13-15)17-10-11-18-20(25-17)21(29-5-2)24-14-23-18/h6-8,10-11,13-14,19,27H,4-5H2,1-3H3/t19-/m1/s1. The van der Waals surface area contributed by atoms with Crippen molar-refractivity contribution in [1.29, 1.82) is 0 Å². The van der Waals surface area contributed by atoms with Gasteiger partial charge in [0.05, 0.1) is 17.8 Å². The van der Waals surface area contributed by atoms with Crippen molar-refractivity contribution in [2.24, 2.45) is 0 Å². The van der Waals surface area contributed by atoms with Gasteiger partial charge in [-0.1, -0.05) is 24.0 Å². The highest BCUT2D eigenvalue weighted by Gasteiger charge is 2.15. The molecule has 1 amide bonds. The van der Waals surface area contributed by atoms with Crippen LogP contribution in [0.5, 0.6) is 5.88 Å². The molecule has 1 N–H and O–H groups in total. The molecule has 7 heteroatoms. The molecule has 2 heterocycles. The van der Waals surface area contributed by atoms with Crippen LogP contribution in [0.25, 0.3) is 22.3 Å². The van der Waals surface area contributed by atoms with Crippen molar-refractivity contribution in [1.82, 2.24) is 19.9 Å². The number of ether oxygens (including phenoxy) is 1. The lowest BCUT2D eigenvalue weighted by Gasteiger charge is -2.15. The Bertz CT molecular complexity index is 1090. The van der Waals surface area contributed by atoms with Crippen molar-refractivity contribution in [3.8, 4) is 29.0 Å². The van der Waals surface area contributed by atoms with Crippen molar-refractivity contribution in [2.45, 2.75) is 20.0 Å². The first-order valence-corrected chi connectivity index (χ1v) is 9.33. The third kappa shape index (κ3) is 4.68. The van der Waals surface area contributed by atoms with E-state index in [4.69, 9.17) is 4.74 Å². The van der Waals surface area contributed by atoms with Crippen LogP contribution in [0.15, 0.2) is 42.7 Å². The predicted octanol–water partition coefficient (Wildman–Crippen LogP) is 2.28. The Hall–Kier alpha value is -3.50. The number of pyridine rings is 1. The van der Waals surface area contributed by atoms with Gasteiger partial charge in [0.15, 0.2) is 11.6 Å². The Kier molecular flexibility index (Phi) is 6.37. The van der Waals surface area contributed by atoms with Crippen molar-refractivity contribution in [2.75, 3.05) is 20.2 Å². The molecule has 148 valence electrons. The normalized spacial score (nSPS) is 11.4. The number of fused-ring (bicyclic) bond motifs is 1. The maximum atomic E-state index is 11.9. The number of aliphatic hydroxyl groups excluding tert-OH is 1. The molecule has 3 aromatic rings. The number of carbonyl (C=O) groups excluding carboxylic acids is 1. The van der Waals surface area contributed by atoms with Gasteiger partial charge in [0, 0.05) is 24.7 Å². The summed E-state index contributed by atoms with van der Waals surface area (Å²) in [5, 5.41) is 9.96. The number of hydrogen-bond donors (Lipinski definition) is 1. The molecule has 0 aliphatic rings. The third-order valence-corrected chi connectivity index (χ3v) is 4.33. The molecule has 29 heavy (non-hydrogen) atoms. The first kappa shape index (κ1) is 20.2. The summed E-state index contributed by atoms with van der Waals surface area (Å²) < 4.78 is 5.55. The lowest BCUT2D eigenvalue weighted by molar-refractivity contribution is -0.135. The summed E-state index contributed by atoms with van der Waals surface area (Å²) in [4.78, 5) is 26.4. The summed E-state index contributed by atoms with van der Waals surface area (Å²) >= 11 is 0. The molecule has 0 fully saturated rings. The van der Waals surface area contributed by atoms with Crippen LogP contribution in [-0.4, -0.2) is 57.2 Å². The SMILES string of the molecule is CCOc1ncnc2ccc(-c3cccc(C#C[C@@H](O)C(=O)N(C)CC)c3)nc12. The summed E-state index contributed by atoms with van der Waals surface area (Å²) in [6.07, 6.45) is 0.0984. The van der Waals surface area contributed by atoms with Crippen molar-refractivity contribution in [3.05, 3.63) is 48.3 Å². The molecule has 0 saturated heterocycles. The fourth-order valence-electron chi connectivity index (χ4n) is 2.66. The maximum absolute atomic E-state index is 11.9. The first-order valence-electron chi connectivity index (χ1n) is 9.33. The molecule has 0 aliphatic carbocycles. The van der Waals surface area contributed by atoms with E-state index in [0.29, 0.717) is 35.6 Å². The van der Waals surface area contributed by atoms with Crippen molar-refractivity contribution >= 4 is 16.9 Å². The fraction of sp³-hybridized carbons (Fsp3) is 0.273. The quantitative estimate of drug-likeness (QED) is 0.673. The second-order valence-electron chi connectivity index (χ2n) is 6.28. The second-order valence-corrected chi connectivity index (χ2v) is 6.28. The molecule has 0 aliphatic heterocycles. The van der Waals surface area contributed by atoms with Gasteiger partial charge in [-0.25, -0.2) is 9.97 Å². The molecule has 7 nitrogen and oxygen atoms in total. The minimum absolute atomic E-state index is 0.421. The summed E-state index contributed by atoms with van der Waals surface area (Å²) in [5.41, 5.74) is 3.53. The number of nitrogens with zero attached hydrogens (tertiary/aromatic N) is 4. The van der Waals surface area contributed by atoms with Gasteiger partial charge in [-0.3, -0.25) is 4.79 Å². The fourth-order valence-corrected chi connectivity index (χ4v) is 2.66. The number of amides is 1. The molecule has 0 saturated carbocycles. The van der Waals surface area contributed by atoms with E-state index in [1.807, 2.05) is 50.2 Å². The highest BCUT2D eigenvalue weighted by Crippen LogP contribution is 2.25. The maximum Gasteiger partial charge on any atom is 0.263 e. The van der Waals surface area contributed by atoms with Crippen LogP contribution >= 0.6 is 0 Å². The number of hydrogen-bond acceptors (Lipinski definition) is 6. The number of benzene rings is 1. The number of rotatable bonds is 5. The van der Waals surface area contributed by atoms with Gasteiger partial charge < -0.3 is 14.7 Å². The Morgan fingerprint density at radius 2 is 2.07 bits per heavy atom. The third-order valence-electron chi connectivity index (χ3n) is 4.33. The van der Waals surface area contributed by atoms with Crippen molar-refractivity contribution in [3.63, 3.8) is 0 Å². The van der Waals surface area contributed by atoms with Crippen LogP contribution in [0, 0.1) is 11.8 Å². The Labute approximate surface area is 169 Å². The van der Waals surface area contributed by atoms with Gasteiger partial charge in [-0.05, 0) is 38.1 Å². The van der Waals surface area contributed by atoms with Crippen LogP contribution in [0.1, 0.15) is 19.4 Å². The van der Waals surface area contributed by atoms with Gasteiger partial charge >= 0.3 is 0 Å². The van der Waals surface area contributed by atoms with Crippen LogP contribution < -0.4 is 4.74 Å². The summed E-state index contributed by atoms with van der Waals surface area (Å²) in [6, 6.07) is 11.2. The minimum Gasteiger partial charge on any atom is -0.476 e. The van der Waals surface area contributed by atoms with Gasteiger partial charge in [-0.2, -0.15) is 4.98 Å². The van der Waals surface area contributed by atoms with Gasteiger partial charge in [-0.15, -0.1) is 0 Å². The summed E-state index contributed by atoms with van der Waals surface area (Å²) in [6.45, 7) is 4.71. The molecular formula is C22H22N4O3. The zero-order chi connectivity index (χ0) is 20.8. The van der Waals surface area contributed by atoms with E-state index in [1.54, 1.807) is 7.05 Å². The molecule has 0 unspecified atom stereocenters. The summed E-state index contributed by atoms with van der Waals surface area (Å²) in [7, 11) is 1.62. The molecular weight excluding hydrogens is 368 g/mol. The van der Waals surface area contributed by atoms with Gasteiger partial charge in [0.2, 0.25) is 5.88 Å². The average Bonchev–Trinajstić information content (AvgIpc) is 2.76. The largest absolute Gasteiger partial charge is 0.476 e. The van der Waals surface area contributed by atoms with E-state index in [-0.39, 0.29) is 0 Å². The van der Waals surface area contributed by atoms with E-state index in [2.05, 4.69) is 26.8 Å². The minimum atomic E-state index is -1.35. The monoisotopic (exact) mass is 390 g/mol. The van der Waals surface area contributed by atoms with E-state index in [9.17, 15) is 9.90 Å². The van der Waals surface area contributed by atoms with E-state index < -0.39 is 12.0 Å². The zero-order valence-electron chi connectivity index (χ0n) is 16.6. The summed E-state index contributed by atoms with van der Waals surface area (Å²) in [5.74, 6) is 5.48. The van der Waals surface area contributed by atoms with Crippen molar-refractivity contribution < 1.29 is 14.6 Å².